The fraction of sp³-hybridized carbons (Fsp3) is 0.571. The fourth-order valence-electron chi connectivity index (χ4n) is 0.738. The largest absolute Gasteiger partial charge is 0.392 e. The summed E-state index contributed by atoms with van der Waals surface area (Å²) in [5.74, 6) is 0. The second-order valence-corrected chi connectivity index (χ2v) is 2.47. The van der Waals surface area contributed by atoms with E-state index in [0.29, 0.717) is 13.1 Å². The molecular weight excluding hydrogens is 144 g/mol. The number of hydrogen-bond acceptors (Lipinski definition) is 4. The minimum Gasteiger partial charge on any atom is -0.392 e. The van der Waals surface area contributed by atoms with E-state index in [1.165, 1.54) is 6.26 Å². The number of aliphatic hydroxyl groups is 1. The molecule has 2 N–H and O–H groups in total. The number of nitrogens with zero attached hydrogens (tertiary/aromatic N) is 1. The maximum atomic E-state index is 8.87. The first-order chi connectivity index (χ1) is 5.29. The molecule has 0 saturated heterocycles. The molecule has 0 aliphatic heterocycles. The van der Waals surface area contributed by atoms with E-state index in [1.54, 1.807) is 13.0 Å². The topological polar surface area (TPSA) is 58.3 Å². The first kappa shape index (κ1) is 8.23. The Hall–Kier alpha value is -0.870. The van der Waals surface area contributed by atoms with Crippen molar-refractivity contribution in [3.8, 4) is 0 Å². The Kier molecular flexibility index (Phi) is 3.07. The highest BCUT2D eigenvalue weighted by atomic mass is 16.5. The van der Waals surface area contributed by atoms with Crippen LogP contribution in [0.2, 0.25) is 0 Å². The average Bonchev–Trinajstić information content (AvgIpc) is 2.39. The van der Waals surface area contributed by atoms with Crippen LogP contribution in [0.25, 0.3) is 0 Å². The summed E-state index contributed by atoms with van der Waals surface area (Å²) in [6.07, 6.45) is 1.21. The molecule has 0 aromatic carbocycles. The highest BCUT2D eigenvalue weighted by Gasteiger charge is 1.97. The van der Waals surface area contributed by atoms with Crippen LogP contribution in [0.1, 0.15) is 12.6 Å². The van der Waals surface area contributed by atoms with Gasteiger partial charge in [0.2, 0.25) is 0 Å². The van der Waals surface area contributed by atoms with Gasteiger partial charge in [-0.05, 0) is 6.92 Å². The van der Waals surface area contributed by atoms with Crippen molar-refractivity contribution in [1.82, 2.24) is 10.5 Å². The van der Waals surface area contributed by atoms with E-state index in [9.17, 15) is 0 Å². The Morgan fingerprint density at radius 3 is 3.18 bits per heavy atom. The number of rotatable bonds is 4. The molecule has 0 fully saturated rings. The molecule has 4 heteroatoms. The van der Waals surface area contributed by atoms with Crippen molar-refractivity contribution >= 4 is 0 Å². The molecule has 0 saturated carbocycles. The number of nitrogens with one attached hydrogen (secondary N) is 1. The third-order valence-corrected chi connectivity index (χ3v) is 1.24. The molecule has 0 aliphatic carbocycles. The Morgan fingerprint density at radius 2 is 2.64 bits per heavy atom. The predicted molar refractivity (Wildman–Crippen MR) is 39.9 cm³/mol. The van der Waals surface area contributed by atoms with Gasteiger partial charge in [-0.3, -0.25) is 0 Å². The summed E-state index contributed by atoms with van der Waals surface area (Å²) < 4.78 is 4.62. The van der Waals surface area contributed by atoms with Gasteiger partial charge in [-0.2, -0.15) is 0 Å². The van der Waals surface area contributed by atoms with Gasteiger partial charge in [0.25, 0.3) is 0 Å². The van der Waals surface area contributed by atoms with Crippen LogP contribution in [-0.2, 0) is 6.54 Å². The van der Waals surface area contributed by atoms with E-state index >= 15 is 0 Å². The first-order valence-electron chi connectivity index (χ1n) is 3.57. The standard InChI is InChI=1S/C7H12N2O2/c1-6(10)4-8-5-7-2-3-11-9-7/h2-3,6,8,10H,4-5H2,1H3/t6-/m0/s1. The lowest BCUT2D eigenvalue weighted by molar-refractivity contribution is 0.190. The van der Waals surface area contributed by atoms with Crippen LogP contribution in [0.3, 0.4) is 0 Å². The smallest absolute Gasteiger partial charge is 0.124 e. The molecule has 62 valence electrons. The molecular formula is C7H12N2O2. The van der Waals surface area contributed by atoms with Crippen LogP contribution < -0.4 is 5.32 Å². The highest BCUT2D eigenvalue weighted by molar-refractivity contribution is 4.94. The summed E-state index contributed by atoms with van der Waals surface area (Å²) in [7, 11) is 0. The first-order valence-corrected chi connectivity index (χ1v) is 3.57. The number of aliphatic hydroxyl groups excluding tert-OH is 1. The molecule has 1 aromatic rings. The Labute approximate surface area is 65.2 Å². The molecule has 0 spiro atoms. The average molecular weight is 156 g/mol. The third-order valence-electron chi connectivity index (χ3n) is 1.24. The summed E-state index contributed by atoms with van der Waals surface area (Å²) in [4.78, 5) is 0. The molecule has 1 aromatic heterocycles. The van der Waals surface area contributed by atoms with Crippen molar-refractivity contribution in [2.75, 3.05) is 6.54 Å². The quantitative estimate of drug-likeness (QED) is 0.651. The second-order valence-electron chi connectivity index (χ2n) is 2.47. The second kappa shape index (κ2) is 4.10. The normalized spacial score (nSPS) is 13.3. The Morgan fingerprint density at radius 1 is 1.82 bits per heavy atom. The summed E-state index contributed by atoms with van der Waals surface area (Å²) in [5.41, 5.74) is 0.852. The minimum absolute atomic E-state index is 0.318. The molecule has 1 atom stereocenters. The van der Waals surface area contributed by atoms with Crippen molar-refractivity contribution < 1.29 is 9.63 Å². The molecule has 1 heterocycles. The van der Waals surface area contributed by atoms with E-state index in [1.807, 2.05) is 0 Å². The van der Waals surface area contributed by atoms with Gasteiger partial charge >= 0.3 is 0 Å². The van der Waals surface area contributed by atoms with Gasteiger partial charge in [-0.15, -0.1) is 0 Å². The fourth-order valence-corrected chi connectivity index (χ4v) is 0.738. The highest BCUT2D eigenvalue weighted by Crippen LogP contribution is 1.92. The molecule has 0 radical (unpaired) electrons. The van der Waals surface area contributed by atoms with Gasteiger partial charge in [-0.1, -0.05) is 5.16 Å². The molecule has 0 bridgehead atoms. The molecule has 0 amide bonds. The lowest BCUT2D eigenvalue weighted by Gasteiger charge is -2.03. The molecule has 4 nitrogen and oxygen atoms in total. The zero-order valence-electron chi connectivity index (χ0n) is 6.45. The molecule has 11 heavy (non-hydrogen) atoms. The SMILES string of the molecule is C[C@H](O)CNCc1ccon1. The van der Waals surface area contributed by atoms with Crippen molar-refractivity contribution in [1.29, 1.82) is 0 Å². The van der Waals surface area contributed by atoms with E-state index in [0.717, 1.165) is 5.69 Å². The number of hydrogen-bond donors (Lipinski definition) is 2. The molecule has 0 unspecified atom stereocenters. The maximum absolute atomic E-state index is 8.87. The van der Waals surface area contributed by atoms with E-state index in [2.05, 4.69) is 15.0 Å². The maximum Gasteiger partial charge on any atom is 0.124 e. The van der Waals surface area contributed by atoms with Crippen molar-refractivity contribution in [3.63, 3.8) is 0 Å². The van der Waals surface area contributed by atoms with Gasteiger partial charge in [0.15, 0.2) is 0 Å². The van der Waals surface area contributed by atoms with E-state index < -0.39 is 0 Å². The predicted octanol–water partition coefficient (Wildman–Crippen LogP) is 0.145. The van der Waals surface area contributed by atoms with Crippen LogP contribution >= 0.6 is 0 Å². The Balaban J connectivity index is 2.14. The summed E-state index contributed by atoms with van der Waals surface area (Å²) in [5, 5.41) is 15.6. The van der Waals surface area contributed by atoms with E-state index in [4.69, 9.17) is 5.11 Å². The monoisotopic (exact) mass is 156 g/mol. The van der Waals surface area contributed by atoms with Crippen LogP contribution in [0.5, 0.6) is 0 Å². The summed E-state index contributed by atoms with van der Waals surface area (Å²) in [6, 6.07) is 1.79. The van der Waals surface area contributed by atoms with Gasteiger partial charge in [0, 0.05) is 19.2 Å². The molecule has 0 aliphatic rings. The van der Waals surface area contributed by atoms with Gasteiger partial charge in [-0.25, -0.2) is 0 Å². The molecule has 1 rings (SSSR count). The van der Waals surface area contributed by atoms with Crippen LogP contribution in [-0.4, -0.2) is 22.9 Å². The lowest BCUT2D eigenvalue weighted by atomic mass is 10.4. The van der Waals surface area contributed by atoms with Gasteiger partial charge in [0.05, 0.1) is 11.8 Å². The van der Waals surface area contributed by atoms with Crippen LogP contribution in [0, 0.1) is 0 Å². The van der Waals surface area contributed by atoms with Crippen LogP contribution in [0.4, 0.5) is 0 Å². The Bertz CT molecular complexity index is 184. The van der Waals surface area contributed by atoms with Gasteiger partial charge in [0.1, 0.15) is 6.26 Å². The van der Waals surface area contributed by atoms with Crippen LogP contribution in [0.15, 0.2) is 16.9 Å². The summed E-state index contributed by atoms with van der Waals surface area (Å²) >= 11 is 0. The minimum atomic E-state index is -0.318. The van der Waals surface area contributed by atoms with Crippen molar-refractivity contribution in [2.24, 2.45) is 0 Å². The zero-order valence-corrected chi connectivity index (χ0v) is 6.45. The van der Waals surface area contributed by atoms with Crippen molar-refractivity contribution in [3.05, 3.63) is 18.0 Å². The van der Waals surface area contributed by atoms with E-state index in [-0.39, 0.29) is 6.10 Å². The number of aromatic nitrogens is 1. The zero-order chi connectivity index (χ0) is 8.10. The van der Waals surface area contributed by atoms with Gasteiger partial charge < -0.3 is 14.9 Å². The summed E-state index contributed by atoms with van der Waals surface area (Å²) in [6.45, 7) is 2.95. The lowest BCUT2D eigenvalue weighted by Crippen LogP contribution is -2.23. The third kappa shape index (κ3) is 3.15. The van der Waals surface area contributed by atoms with Crippen molar-refractivity contribution in [2.45, 2.75) is 19.6 Å².